The number of halogens is 1. The molecule has 0 bridgehead atoms. The molecule has 3 rings (SSSR count). The maximum atomic E-state index is 13.9. The first-order valence-corrected chi connectivity index (χ1v) is 16.2. The highest BCUT2D eigenvalue weighted by Gasteiger charge is 2.32. The number of hydrogen-bond acceptors (Lipinski definition) is 5. The van der Waals surface area contributed by atoms with Crippen molar-refractivity contribution in [1.82, 2.24) is 10.2 Å². The van der Waals surface area contributed by atoms with E-state index in [1.165, 1.54) is 16.7 Å². The average Bonchev–Trinajstić information content (AvgIpc) is 2.95. The molecule has 3 aromatic rings. The van der Waals surface area contributed by atoms with E-state index in [2.05, 4.69) is 5.32 Å². The Kier molecular flexibility index (Phi) is 11.5. The third kappa shape index (κ3) is 8.25. The van der Waals surface area contributed by atoms with Crippen molar-refractivity contribution in [3.8, 4) is 0 Å². The van der Waals surface area contributed by atoms with Crippen LogP contribution in [0.5, 0.6) is 0 Å². The van der Waals surface area contributed by atoms with E-state index in [0.717, 1.165) is 33.2 Å². The summed E-state index contributed by atoms with van der Waals surface area (Å²) < 4.78 is 28.9. The molecule has 40 heavy (non-hydrogen) atoms. The van der Waals surface area contributed by atoms with Crippen LogP contribution in [0, 0.1) is 6.92 Å². The Morgan fingerprint density at radius 1 is 0.975 bits per heavy atom. The number of amides is 2. The number of nitrogens with zero attached hydrogens (tertiary/aromatic N) is 2. The highest BCUT2D eigenvalue weighted by atomic mass is 35.5. The predicted octanol–water partition coefficient (Wildman–Crippen LogP) is 5.90. The zero-order valence-corrected chi connectivity index (χ0v) is 25.7. The maximum absolute atomic E-state index is 13.9. The molecular weight excluding hydrogens is 566 g/mol. The Hall–Kier alpha value is -3.01. The number of carbonyl (C=O) groups excluding carboxylic acids is 2. The minimum absolute atomic E-state index is 0.0771. The topological polar surface area (TPSA) is 86.8 Å². The second-order valence-corrected chi connectivity index (χ2v) is 12.7. The van der Waals surface area contributed by atoms with Crippen molar-refractivity contribution < 1.29 is 18.0 Å². The van der Waals surface area contributed by atoms with Crippen molar-refractivity contribution in [3.05, 3.63) is 88.9 Å². The van der Waals surface area contributed by atoms with E-state index in [9.17, 15) is 18.0 Å². The molecule has 7 nitrogen and oxygen atoms in total. The standard InChI is InChI=1S/C30H36ClN3O4S2/c1-5-6-19-32-30(36)23(3)33(20-24-9-11-25(31)12-10-24)29(35)21-34(26-13-7-22(2)8-14-26)40(37,38)28-17-15-27(39-4)16-18-28/h7-18,23H,5-6,19-21H2,1-4H3,(H,32,36)/t23-/m0/s1. The van der Waals surface area contributed by atoms with Crippen LogP contribution in [-0.4, -0.2) is 50.5 Å². The summed E-state index contributed by atoms with van der Waals surface area (Å²) in [5.41, 5.74) is 2.08. The molecule has 0 radical (unpaired) electrons. The van der Waals surface area contributed by atoms with Crippen molar-refractivity contribution in [3.63, 3.8) is 0 Å². The molecule has 10 heteroatoms. The highest BCUT2D eigenvalue weighted by Crippen LogP contribution is 2.26. The number of carbonyl (C=O) groups is 2. The summed E-state index contributed by atoms with van der Waals surface area (Å²) in [6.45, 7) is 5.72. The molecule has 2 amide bonds. The number of unbranched alkanes of at least 4 members (excludes halogenated alkanes) is 1. The van der Waals surface area contributed by atoms with Crippen LogP contribution in [0.25, 0.3) is 0 Å². The number of anilines is 1. The summed E-state index contributed by atoms with van der Waals surface area (Å²) in [6, 6.07) is 19.7. The van der Waals surface area contributed by atoms with Gasteiger partial charge in [-0.2, -0.15) is 0 Å². The smallest absolute Gasteiger partial charge is 0.264 e. The van der Waals surface area contributed by atoms with Gasteiger partial charge in [-0.25, -0.2) is 8.42 Å². The van der Waals surface area contributed by atoms with Gasteiger partial charge in [0.15, 0.2) is 0 Å². The lowest BCUT2D eigenvalue weighted by Gasteiger charge is -2.32. The van der Waals surface area contributed by atoms with Crippen LogP contribution in [0.4, 0.5) is 5.69 Å². The molecule has 0 aliphatic rings. The second-order valence-electron chi connectivity index (χ2n) is 9.49. The minimum Gasteiger partial charge on any atom is -0.354 e. The van der Waals surface area contributed by atoms with E-state index in [1.54, 1.807) is 79.7 Å². The Morgan fingerprint density at radius 2 is 1.60 bits per heavy atom. The van der Waals surface area contributed by atoms with Gasteiger partial charge in [0.2, 0.25) is 11.8 Å². The van der Waals surface area contributed by atoms with Crippen molar-refractivity contribution in [2.24, 2.45) is 0 Å². The molecule has 0 heterocycles. The lowest BCUT2D eigenvalue weighted by Crippen LogP contribution is -2.51. The van der Waals surface area contributed by atoms with Gasteiger partial charge in [-0.3, -0.25) is 13.9 Å². The van der Waals surface area contributed by atoms with E-state index in [-0.39, 0.29) is 17.3 Å². The van der Waals surface area contributed by atoms with Crippen LogP contribution < -0.4 is 9.62 Å². The first-order chi connectivity index (χ1) is 19.1. The molecule has 0 saturated heterocycles. The molecule has 214 valence electrons. The molecule has 0 aliphatic heterocycles. The molecule has 1 atom stereocenters. The predicted molar refractivity (Wildman–Crippen MR) is 163 cm³/mol. The zero-order valence-electron chi connectivity index (χ0n) is 23.3. The summed E-state index contributed by atoms with van der Waals surface area (Å²) in [5, 5.41) is 3.44. The van der Waals surface area contributed by atoms with Crippen molar-refractivity contribution in [2.45, 2.75) is 56.0 Å². The number of rotatable bonds is 13. The van der Waals surface area contributed by atoms with Crippen molar-refractivity contribution in [2.75, 3.05) is 23.7 Å². The molecule has 3 aromatic carbocycles. The molecule has 0 unspecified atom stereocenters. The number of hydrogen-bond donors (Lipinski definition) is 1. The van der Waals surface area contributed by atoms with Crippen LogP contribution in [0.3, 0.4) is 0 Å². The quantitative estimate of drug-likeness (QED) is 0.195. The molecular formula is C30H36ClN3O4S2. The van der Waals surface area contributed by atoms with Gasteiger partial charge in [-0.15, -0.1) is 11.8 Å². The molecule has 0 fully saturated rings. The fourth-order valence-corrected chi connectivity index (χ4v) is 5.97. The summed E-state index contributed by atoms with van der Waals surface area (Å²) in [4.78, 5) is 29.4. The monoisotopic (exact) mass is 601 g/mol. The van der Waals surface area contributed by atoms with Crippen LogP contribution in [-0.2, 0) is 26.2 Å². The number of benzene rings is 3. The molecule has 1 N–H and O–H groups in total. The Labute approximate surface area is 247 Å². The molecule has 0 spiro atoms. The molecule has 0 saturated carbocycles. The minimum atomic E-state index is -4.10. The number of thioether (sulfide) groups is 1. The summed E-state index contributed by atoms with van der Waals surface area (Å²) in [6.07, 6.45) is 3.65. The average molecular weight is 602 g/mol. The third-order valence-corrected chi connectivity index (χ3v) is 9.29. The normalized spacial score (nSPS) is 12.0. The van der Waals surface area contributed by atoms with Gasteiger partial charge in [-0.05, 0) is 80.6 Å². The van der Waals surface area contributed by atoms with Gasteiger partial charge in [0.25, 0.3) is 10.0 Å². The number of nitrogens with one attached hydrogen (secondary N) is 1. The van der Waals surface area contributed by atoms with Crippen LogP contribution in [0.15, 0.2) is 82.6 Å². The third-order valence-electron chi connectivity index (χ3n) is 6.51. The number of aryl methyl sites for hydroxylation is 1. The van der Waals surface area contributed by atoms with Gasteiger partial charge in [0.1, 0.15) is 12.6 Å². The second kappa shape index (κ2) is 14.6. The lowest BCUT2D eigenvalue weighted by molar-refractivity contribution is -0.139. The van der Waals surface area contributed by atoms with Gasteiger partial charge >= 0.3 is 0 Å². The fraction of sp³-hybridized carbons (Fsp3) is 0.333. The molecule has 0 aromatic heterocycles. The fourth-order valence-electron chi connectivity index (χ4n) is 4.02. The van der Waals surface area contributed by atoms with E-state index in [0.29, 0.717) is 17.3 Å². The van der Waals surface area contributed by atoms with Crippen LogP contribution in [0.1, 0.15) is 37.8 Å². The number of sulfonamides is 1. The SMILES string of the molecule is CCCCNC(=O)[C@H](C)N(Cc1ccc(Cl)cc1)C(=O)CN(c1ccc(C)cc1)S(=O)(=O)c1ccc(SC)cc1. The van der Waals surface area contributed by atoms with Crippen LogP contribution in [0.2, 0.25) is 5.02 Å². The van der Waals surface area contributed by atoms with Crippen LogP contribution >= 0.6 is 23.4 Å². The Morgan fingerprint density at radius 3 is 2.17 bits per heavy atom. The lowest BCUT2D eigenvalue weighted by atomic mass is 10.1. The largest absolute Gasteiger partial charge is 0.354 e. The summed E-state index contributed by atoms with van der Waals surface area (Å²) >= 11 is 7.56. The first kappa shape index (κ1) is 31.5. The molecule has 0 aliphatic carbocycles. The Bertz CT molecular complexity index is 1380. The van der Waals surface area contributed by atoms with Gasteiger partial charge in [0.05, 0.1) is 10.6 Å². The maximum Gasteiger partial charge on any atom is 0.264 e. The summed E-state index contributed by atoms with van der Waals surface area (Å²) in [7, 11) is -4.10. The van der Waals surface area contributed by atoms with Crippen molar-refractivity contribution >= 4 is 50.9 Å². The Balaban J connectivity index is 1.99. The first-order valence-electron chi connectivity index (χ1n) is 13.1. The van der Waals surface area contributed by atoms with E-state index >= 15 is 0 Å². The zero-order chi connectivity index (χ0) is 29.3. The van der Waals surface area contributed by atoms with E-state index < -0.39 is 28.5 Å². The van der Waals surface area contributed by atoms with Gasteiger partial charge < -0.3 is 10.2 Å². The van der Waals surface area contributed by atoms with Gasteiger partial charge in [-0.1, -0.05) is 54.8 Å². The highest BCUT2D eigenvalue weighted by molar-refractivity contribution is 7.98. The van der Waals surface area contributed by atoms with E-state index in [4.69, 9.17) is 11.6 Å². The van der Waals surface area contributed by atoms with Gasteiger partial charge in [0, 0.05) is 23.0 Å². The summed E-state index contributed by atoms with van der Waals surface area (Å²) in [5.74, 6) is -0.800. The van der Waals surface area contributed by atoms with Crippen molar-refractivity contribution in [1.29, 1.82) is 0 Å². The van der Waals surface area contributed by atoms with E-state index in [1.807, 2.05) is 20.1 Å².